The fourth-order valence-electron chi connectivity index (χ4n) is 2.63. The molecule has 0 saturated heterocycles. The van der Waals surface area contributed by atoms with Crippen molar-refractivity contribution in [1.29, 1.82) is 0 Å². The van der Waals surface area contributed by atoms with Crippen molar-refractivity contribution < 1.29 is 13.9 Å². The number of carbonyl (C=O) groups is 1. The summed E-state index contributed by atoms with van der Waals surface area (Å²) >= 11 is 6.17. The molecule has 2 aromatic carbocycles. The van der Waals surface area contributed by atoms with Crippen LogP contribution >= 0.6 is 11.6 Å². The van der Waals surface area contributed by atoms with E-state index in [1.165, 1.54) is 0 Å². The van der Waals surface area contributed by atoms with E-state index in [-0.39, 0.29) is 5.91 Å². The number of nitrogens with one attached hydrogen (secondary N) is 1. The summed E-state index contributed by atoms with van der Waals surface area (Å²) in [6, 6.07) is 13.9. The van der Waals surface area contributed by atoms with Gasteiger partial charge in [-0.3, -0.25) is 9.78 Å². The van der Waals surface area contributed by atoms with Crippen molar-refractivity contribution in [3.05, 3.63) is 71.5 Å². The lowest BCUT2D eigenvalue weighted by atomic mass is 10.2. The molecular formula is C20H14ClN3O3. The number of pyridine rings is 1. The van der Waals surface area contributed by atoms with Gasteiger partial charge in [-0.1, -0.05) is 11.6 Å². The van der Waals surface area contributed by atoms with Crippen LogP contribution < -0.4 is 10.1 Å². The van der Waals surface area contributed by atoms with Gasteiger partial charge in [0.05, 0.1) is 12.1 Å². The molecule has 7 heteroatoms. The Kier molecular flexibility index (Phi) is 4.48. The maximum Gasteiger partial charge on any atom is 0.255 e. The van der Waals surface area contributed by atoms with Crippen LogP contribution in [-0.4, -0.2) is 23.0 Å². The summed E-state index contributed by atoms with van der Waals surface area (Å²) in [6.45, 7) is 0. The highest BCUT2D eigenvalue weighted by Crippen LogP contribution is 2.32. The topological polar surface area (TPSA) is 77.2 Å². The summed E-state index contributed by atoms with van der Waals surface area (Å²) in [7, 11) is 1.56. The summed E-state index contributed by atoms with van der Waals surface area (Å²) < 4.78 is 11.0. The van der Waals surface area contributed by atoms with Crippen LogP contribution in [0.25, 0.3) is 22.6 Å². The molecule has 0 unspecified atom stereocenters. The molecule has 0 aliphatic carbocycles. The maximum absolute atomic E-state index is 12.3. The molecule has 0 fully saturated rings. The average Bonchev–Trinajstić information content (AvgIpc) is 3.12. The van der Waals surface area contributed by atoms with Gasteiger partial charge in [0.2, 0.25) is 5.89 Å². The minimum atomic E-state index is -0.220. The lowest BCUT2D eigenvalue weighted by molar-refractivity contribution is 0.102. The van der Waals surface area contributed by atoms with E-state index >= 15 is 0 Å². The predicted octanol–water partition coefficient (Wildman–Crippen LogP) is 4.80. The Morgan fingerprint density at radius 2 is 1.93 bits per heavy atom. The zero-order chi connectivity index (χ0) is 18.8. The van der Waals surface area contributed by atoms with Gasteiger partial charge in [-0.05, 0) is 48.5 Å². The Morgan fingerprint density at radius 3 is 2.67 bits per heavy atom. The molecule has 27 heavy (non-hydrogen) atoms. The number of ether oxygens (including phenoxy) is 1. The average molecular weight is 380 g/mol. The Balaban J connectivity index is 1.62. The molecule has 4 aromatic rings. The maximum atomic E-state index is 12.3. The minimum Gasteiger partial charge on any atom is -0.495 e. The monoisotopic (exact) mass is 379 g/mol. The Labute approximate surface area is 159 Å². The van der Waals surface area contributed by atoms with Gasteiger partial charge in [0.1, 0.15) is 11.3 Å². The second-order valence-electron chi connectivity index (χ2n) is 5.74. The quantitative estimate of drug-likeness (QED) is 0.551. The number of oxazole rings is 1. The van der Waals surface area contributed by atoms with Crippen molar-refractivity contribution in [2.75, 3.05) is 12.4 Å². The molecule has 2 aromatic heterocycles. The zero-order valence-electron chi connectivity index (χ0n) is 14.3. The van der Waals surface area contributed by atoms with Crippen LogP contribution in [0.5, 0.6) is 5.75 Å². The fourth-order valence-corrected chi connectivity index (χ4v) is 2.89. The summed E-state index contributed by atoms with van der Waals surface area (Å²) in [5, 5.41) is 3.31. The molecule has 0 spiro atoms. The number of amides is 1. The van der Waals surface area contributed by atoms with E-state index in [1.807, 2.05) is 6.07 Å². The smallest absolute Gasteiger partial charge is 0.255 e. The Morgan fingerprint density at radius 1 is 1.11 bits per heavy atom. The number of hydrogen-bond donors (Lipinski definition) is 1. The standard InChI is InChI=1S/C20H14ClN3O3/c1-26-17-4-2-13(10-15(17)21)20-24-16-11-14(3-5-18(16)27-20)23-19(25)12-6-8-22-9-7-12/h2-11H,1H3,(H,23,25). The van der Waals surface area contributed by atoms with E-state index in [0.717, 1.165) is 5.56 Å². The van der Waals surface area contributed by atoms with Crippen LogP contribution in [0.15, 0.2) is 65.3 Å². The number of nitrogens with zero attached hydrogens (tertiary/aromatic N) is 2. The van der Waals surface area contributed by atoms with Crippen LogP contribution in [0.2, 0.25) is 5.02 Å². The van der Waals surface area contributed by atoms with Gasteiger partial charge < -0.3 is 14.5 Å². The number of rotatable bonds is 4. The molecule has 1 N–H and O–H groups in total. The van der Waals surface area contributed by atoms with Crippen molar-refractivity contribution >= 4 is 34.3 Å². The van der Waals surface area contributed by atoms with Crippen LogP contribution in [0.4, 0.5) is 5.69 Å². The van der Waals surface area contributed by atoms with Crippen molar-refractivity contribution in [2.45, 2.75) is 0 Å². The first-order valence-corrected chi connectivity index (χ1v) is 8.48. The number of halogens is 1. The number of aromatic nitrogens is 2. The summed E-state index contributed by atoms with van der Waals surface area (Å²) in [5.41, 5.74) is 3.12. The van der Waals surface area contributed by atoms with E-state index in [2.05, 4.69) is 15.3 Å². The lowest BCUT2D eigenvalue weighted by Crippen LogP contribution is -2.11. The third-order valence-corrected chi connectivity index (χ3v) is 4.28. The van der Waals surface area contributed by atoms with Crippen molar-refractivity contribution in [3.63, 3.8) is 0 Å². The number of methoxy groups -OCH3 is 1. The van der Waals surface area contributed by atoms with E-state index in [9.17, 15) is 4.79 Å². The molecule has 4 rings (SSSR count). The van der Waals surface area contributed by atoms with Gasteiger partial charge in [0.15, 0.2) is 5.58 Å². The van der Waals surface area contributed by atoms with Gasteiger partial charge in [0, 0.05) is 29.2 Å². The molecule has 1 amide bonds. The molecule has 0 bridgehead atoms. The highest BCUT2D eigenvalue weighted by atomic mass is 35.5. The molecule has 0 aliphatic rings. The Bertz CT molecular complexity index is 1130. The summed E-state index contributed by atoms with van der Waals surface area (Å²) in [5.74, 6) is 0.798. The number of carbonyl (C=O) groups excluding carboxylic acids is 1. The van der Waals surface area contributed by atoms with E-state index in [1.54, 1.807) is 62.0 Å². The van der Waals surface area contributed by atoms with Gasteiger partial charge in [0.25, 0.3) is 5.91 Å². The highest BCUT2D eigenvalue weighted by molar-refractivity contribution is 6.32. The first kappa shape index (κ1) is 17.1. The largest absolute Gasteiger partial charge is 0.495 e. The predicted molar refractivity (Wildman–Crippen MR) is 103 cm³/mol. The Hall–Kier alpha value is -3.38. The molecule has 2 heterocycles. The van der Waals surface area contributed by atoms with Gasteiger partial charge in [-0.25, -0.2) is 4.98 Å². The summed E-state index contributed by atoms with van der Waals surface area (Å²) in [6.07, 6.45) is 3.14. The van der Waals surface area contributed by atoms with Crippen LogP contribution in [0.3, 0.4) is 0 Å². The summed E-state index contributed by atoms with van der Waals surface area (Å²) in [4.78, 5) is 20.7. The third kappa shape index (κ3) is 3.47. The van der Waals surface area contributed by atoms with Crippen molar-refractivity contribution in [2.24, 2.45) is 0 Å². The molecule has 134 valence electrons. The van der Waals surface area contributed by atoms with Crippen molar-refractivity contribution in [3.8, 4) is 17.2 Å². The van der Waals surface area contributed by atoms with Gasteiger partial charge >= 0.3 is 0 Å². The highest BCUT2D eigenvalue weighted by Gasteiger charge is 2.12. The SMILES string of the molecule is COc1ccc(-c2nc3cc(NC(=O)c4ccncc4)ccc3o2)cc1Cl. The minimum absolute atomic E-state index is 0.220. The molecule has 0 aliphatic heterocycles. The number of benzene rings is 2. The fraction of sp³-hybridized carbons (Fsp3) is 0.0500. The third-order valence-electron chi connectivity index (χ3n) is 3.99. The van der Waals surface area contributed by atoms with E-state index in [4.69, 9.17) is 20.8 Å². The first-order chi connectivity index (χ1) is 13.1. The van der Waals surface area contributed by atoms with Crippen molar-refractivity contribution in [1.82, 2.24) is 9.97 Å². The molecule has 0 radical (unpaired) electrons. The number of anilines is 1. The van der Waals surface area contributed by atoms with Crippen LogP contribution in [-0.2, 0) is 0 Å². The van der Waals surface area contributed by atoms with E-state index < -0.39 is 0 Å². The van der Waals surface area contributed by atoms with Gasteiger partial charge in [-0.2, -0.15) is 0 Å². The van der Waals surface area contributed by atoms with Crippen LogP contribution in [0, 0.1) is 0 Å². The van der Waals surface area contributed by atoms with Gasteiger partial charge in [-0.15, -0.1) is 0 Å². The second kappa shape index (κ2) is 7.09. The van der Waals surface area contributed by atoms with E-state index in [0.29, 0.717) is 39.0 Å². The second-order valence-corrected chi connectivity index (χ2v) is 6.15. The normalized spacial score (nSPS) is 10.7. The molecule has 6 nitrogen and oxygen atoms in total. The first-order valence-electron chi connectivity index (χ1n) is 8.10. The number of hydrogen-bond acceptors (Lipinski definition) is 5. The van der Waals surface area contributed by atoms with Crippen LogP contribution in [0.1, 0.15) is 10.4 Å². The zero-order valence-corrected chi connectivity index (χ0v) is 15.0. The molecule has 0 atom stereocenters. The lowest BCUT2D eigenvalue weighted by Gasteiger charge is -2.04. The number of fused-ring (bicyclic) bond motifs is 1. The molecular weight excluding hydrogens is 366 g/mol. The molecule has 0 saturated carbocycles.